The van der Waals surface area contributed by atoms with E-state index < -0.39 is 10.7 Å². The van der Waals surface area contributed by atoms with Gasteiger partial charge in [0.15, 0.2) is 0 Å². The zero-order chi connectivity index (χ0) is 14.5. The second-order valence-electron chi connectivity index (χ2n) is 4.74. The Bertz CT molecular complexity index is 493. The molecule has 0 bridgehead atoms. The number of nitro benzene ring substituents is 1. The summed E-state index contributed by atoms with van der Waals surface area (Å²) < 4.78 is 19.1. The Morgan fingerprint density at radius 3 is 2.95 bits per heavy atom. The maximum absolute atomic E-state index is 13.3. The third-order valence-corrected chi connectivity index (χ3v) is 3.90. The van der Waals surface area contributed by atoms with E-state index in [0.29, 0.717) is 12.2 Å². The van der Waals surface area contributed by atoms with Gasteiger partial charge in [-0.2, -0.15) is 0 Å². The third kappa shape index (κ3) is 3.89. The van der Waals surface area contributed by atoms with E-state index in [9.17, 15) is 14.5 Å². The number of nitrogens with zero attached hydrogens (tertiary/aromatic N) is 1. The summed E-state index contributed by atoms with van der Waals surface area (Å²) >= 11 is 3.04. The number of nitrogens with one attached hydrogen (secondary N) is 1. The van der Waals surface area contributed by atoms with Crippen molar-refractivity contribution >= 4 is 27.3 Å². The second kappa shape index (κ2) is 6.99. The van der Waals surface area contributed by atoms with Crippen LogP contribution in [-0.4, -0.2) is 24.2 Å². The van der Waals surface area contributed by atoms with Crippen LogP contribution in [0.5, 0.6) is 0 Å². The van der Waals surface area contributed by atoms with Gasteiger partial charge in [0.05, 0.1) is 21.6 Å². The molecule has 0 saturated carbocycles. The maximum Gasteiger partial charge on any atom is 0.295 e. The van der Waals surface area contributed by atoms with Crippen molar-refractivity contribution in [2.24, 2.45) is 0 Å². The summed E-state index contributed by atoms with van der Waals surface area (Å²) in [6.45, 7) is 1.34. The molecule has 0 radical (unpaired) electrons. The molecule has 20 heavy (non-hydrogen) atoms. The molecule has 1 aliphatic heterocycles. The number of hydrogen-bond donors (Lipinski definition) is 1. The van der Waals surface area contributed by atoms with E-state index in [2.05, 4.69) is 21.2 Å². The summed E-state index contributed by atoms with van der Waals surface area (Å²) in [4.78, 5) is 10.3. The van der Waals surface area contributed by atoms with Gasteiger partial charge in [-0.3, -0.25) is 10.1 Å². The Hall–Kier alpha value is -1.21. The highest BCUT2D eigenvalue weighted by Gasteiger charge is 2.18. The van der Waals surface area contributed by atoms with Crippen molar-refractivity contribution in [2.45, 2.75) is 31.8 Å². The normalized spacial score (nSPS) is 18.8. The van der Waals surface area contributed by atoms with Gasteiger partial charge in [-0.05, 0) is 47.7 Å². The number of nitro groups is 1. The molecule has 1 unspecified atom stereocenters. The van der Waals surface area contributed by atoms with Crippen molar-refractivity contribution in [3.63, 3.8) is 0 Å². The highest BCUT2D eigenvalue weighted by Crippen LogP contribution is 2.30. The minimum atomic E-state index is -0.641. The molecule has 1 saturated heterocycles. The number of benzene rings is 1. The van der Waals surface area contributed by atoms with Gasteiger partial charge in [0.25, 0.3) is 5.69 Å². The van der Waals surface area contributed by atoms with E-state index in [-0.39, 0.29) is 16.3 Å². The number of anilines is 1. The molecule has 2 rings (SSSR count). The van der Waals surface area contributed by atoms with Gasteiger partial charge in [0.1, 0.15) is 11.5 Å². The fourth-order valence-electron chi connectivity index (χ4n) is 2.23. The van der Waals surface area contributed by atoms with Crippen molar-refractivity contribution in [3.8, 4) is 0 Å². The topological polar surface area (TPSA) is 64.4 Å². The first-order valence-corrected chi connectivity index (χ1v) is 7.36. The molecule has 1 aromatic carbocycles. The molecule has 0 amide bonds. The lowest BCUT2D eigenvalue weighted by Crippen LogP contribution is -2.22. The highest BCUT2D eigenvalue weighted by molar-refractivity contribution is 9.10. The molecule has 5 nitrogen and oxygen atoms in total. The SMILES string of the molecule is O=[N+]([O-])c1cc(F)c(Br)cc1NCCC1CCCCO1. The molecule has 1 aliphatic rings. The number of ether oxygens (including phenoxy) is 1. The van der Waals surface area contributed by atoms with Gasteiger partial charge in [-0.15, -0.1) is 0 Å². The van der Waals surface area contributed by atoms with Gasteiger partial charge in [0.2, 0.25) is 0 Å². The Morgan fingerprint density at radius 1 is 1.50 bits per heavy atom. The maximum atomic E-state index is 13.3. The Kier molecular flexibility index (Phi) is 5.31. The Balaban J connectivity index is 1.97. The van der Waals surface area contributed by atoms with E-state index in [4.69, 9.17) is 4.74 Å². The molecule has 1 N–H and O–H groups in total. The smallest absolute Gasteiger partial charge is 0.295 e. The monoisotopic (exact) mass is 346 g/mol. The van der Waals surface area contributed by atoms with Gasteiger partial charge in [-0.25, -0.2) is 4.39 Å². The van der Waals surface area contributed by atoms with Crippen LogP contribution in [0.15, 0.2) is 16.6 Å². The van der Waals surface area contributed by atoms with Gasteiger partial charge in [-0.1, -0.05) is 0 Å². The minimum Gasteiger partial charge on any atom is -0.379 e. The zero-order valence-electron chi connectivity index (χ0n) is 10.9. The van der Waals surface area contributed by atoms with E-state index in [1.165, 1.54) is 6.07 Å². The molecule has 7 heteroatoms. The number of hydrogen-bond acceptors (Lipinski definition) is 4. The van der Waals surface area contributed by atoms with Crippen LogP contribution in [-0.2, 0) is 4.74 Å². The number of rotatable bonds is 5. The van der Waals surface area contributed by atoms with Crippen molar-refractivity contribution in [1.82, 2.24) is 0 Å². The average Bonchev–Trinajstić information content (AvgIpc) is 2.43. The molecule has 1 atom stereocenters. The summed E-state index contributed by atoms with van der Waals surface area (Å²) in [6.07, 6.45) is 4.27. The summed E-state index contributed by atoms with van der Waals surface area (Å²) in [6, 6.07) is 2.32. The van der Waals surface area contributed by atoms with Crippen LogP contribution in [0, 0.1) is 15.9 Å². The first-order chi connectivity index (χ1) is 9.58. The second-order valence-corrected chi connectivity index (χ2v) is 5.60. The van der Waals surface area contributed by atoms with E-state index in [1.54, 1.807) is 0 Å². The zero-order valence-corrected chi connectivity index (χ0v) is 12.5. The van der Waals surface area contributed by atoms with Crippen LogP contribution >= 0.6 is 15.9 Å². The van der Waals surface area contributed by atoms with Crippen LogP contribution in [0.1, 0.15) is 25.7 Å². The molecular weight excluding hydrogens is 331 g/mol. The summed E-state index contributed by atoms with van der Waals surface area (Å²) in [7, 11) is 0. The Morgan fingerprint density at radius 2 is 2.30 bits per heavy atom. The fourth-order valence-corrected chi connectivity index (χ4v) is 2.58. The largest absolute Gasteiger partial charge is 0.379 e. The molecule has 1 aromatic rings. The van der Waals surface area contributed by atoms with Crippen molar-refractivity contribution in [2.75, 3.05) is 18.5 Å². The fraction of sp³-hybridized carbons (Fsp3) is 0.538. The van der Waals surface area contributed by atoms with Crippen LogP contribution in [0.25, 0.3) is 0 Å². The van der Waals surface area contributed by atoms with Crippen LogP contribution < -0.4 is 5.32 Å². The Labute approximate surface area is 124 Å². The van der Waals surface area contributed by atoms with Crippen molar-refractivity contribution in [3.05, 3.63) is 32.5 Å². The summed E-state index contributed by atoms with van der Waals surface area (Å²) in [5.41, 5.74) is 0.0642. The van der Waals surface area contributed by atoms with E-state index >= 15 is 0 Å². The molecule has 1 heterocycles. The lowest BCUT2D eigenvalue weighted by Gasteiger charge is -2.22. The van der Waals surface area contributed by atoms with Crippen LogP contribution in [0.2, 0.25) is 0 Å². The third-order valence-electron chi connectivity index (χ3n) is 3.29. The summed E-state index contributed by atoms with van der Waals surface area (Å²) in [5, 5.41) is 13.9. The first kappa shape index (κ1) is 15.2. The van der Waals surface area contributed by atoms with Crippen molar-refractivity contribution < 1.29 is 14.1 Å². The van der Waals surface area contributed by atoms with Crippen LogP contribution in [0.3, 0.4) is 0 Å². The van der Waals surface area contributed by atoms with E-state index in [1.807, 2.05) is 0 Å². The molecule has 0 aliphatic carbocycles. The predicted octanol–water partition coefficient (Wildman–Crippen LogP) is 3.87. The molecular formula is C13H16BrFN2O3. The quantitative estimate of drug-likeness (QED) is 0.649. The number of halogens is 2. The summed E-state index contributed by atoms with van der Waals surface area (Å²) in [5.74, 6) is -0.641. The molecule has 110 valence electrons. The standard InChI is InChI=1S/C13H16BrFN2O3/c14-10-7-12(13(17(18)19)8-11(10)15)16-5-4-9-3-1-2-6-20-9/h7-9,16H,1-6H2. The first-order valence-electron chi connectivity index (χ1n) is 6.57. The molecule has 1 fully saturated rings. The van der Waals surface area contributed by atoms with Gasteiger partial charge >= 0.3 is 0 Å². The minimum absolute atomic E-state index is 0.208. The molecule has 0 spiro atoms. The van der Waals surface area contributed by atoms with Gasteiger partial charge in [0, 0.05) is 13.2 Å². The lowest BCUT2D eigenvalue weighted by molar-refractivity contribution is -0.384. The average molecular weight is 347 g/mol. The predicted molar refractivity (Wildman–Crippen MR) is 77.5 cm³/mol. The highest BCUT2D eigenvalue weighted by atomic mass is 79.9. The van der Waals surface area contributed by atoms with Crippen molar-refractivity contribution in [1.29, 1.82) is 0 Å². The lowest BCUT2D eigenvalue weighted by atomic mass is 10.1. The van der Waals surface area contributed by atoms with Gasteiger partial charge < -0.3 is 10.1 Å². The van der Waals surface area contributed by atoms with Crippen LogP contribution in [0.4, 0.5) is 15.8 Å². The molecule has 0 aromatic heterocycles. The van der Waals surface area contributed by atoms with E-state index in [0.717, 1.165) is 38.4 Å².